The molecule has 0 spiro atoms. The lowest BCUT2D eigenvalue weighted by Gasteiger charge is -2.25. The molecule has 2 aromatic heterocycles. The number of oxazole rings is 1. The van der Waals surface area contributed by atoms with Gasteiger partial charge in [0.2, 0.25) is 5.89 Å². The van der Waals surface area contributed by atoms with E-state index in [4.69, 9.17) is 9.40 Å². The number of benzene rings is 7. The van der Waals surface area contributed by atoms with Crippen LogP contribution in [-0.2, 0) is 0 Å². The predicted octanol–water partition coefficient (Wildman–Crippen LogP) is 11.6. The van der Waals surface area contributed by atoms with Gasteiger partial charge in [0.15, 0.2) is 5.58 Å². The lowest BCUT2D eigenvalue weighted by atomic mass is 10.0. The van der Waals surface area contributed by atoms with Crippen LogP contribution in [0, 0.1) is 0 Å². The van der Waals surface area contributed by atoms with Crippen LogP contribution in [0.1, 0.15) is 0 Å². The molecule has 0 aliphatic carbocycles. The van der Waals surface area contributed by atoms with Gasteiger partial charge in [0.1, 0.15) is 5.52 Å². The van der Waals surface area contributed by atoms with Gasteiger partial charge in [-0.05, 0) is 59.3 Å². The van der Waals surface area contributed by atoms with Gasteiger partial charge in [-0.3, -0.25) is 0 Å². The van der Waals surface area contributed by atoms with Gasteiger partial charge in [-0.25, -0.2) is 4.98 Å². The Hall–Kier alpha value is -5.45. The first-order valence-electron chi connectivity index (χ1n) is 14.4. The summed E-state index contributed by atoms with van der Waals surface area (Å²) in [5, 5.41) is 7.13. The van der Waals surface area contributed by atoms with E-state index >= 15 is 0 Å². The van der Waals surface area contributed by atoms with E-state index in [9.17, 15) is 0 Å². The van der Waals surface area contributed by atoms with Gasteiger partial charge in [-0.1, -0.05) is 97.1 Å². The Bertz CT molecular complexity index is 2400. The van der Waals surface area contributed by atoms with Crippen molar-refractivity contribution in [2.24, 2.45) is 0 Å². The normalized spacial score (nSPS) is 11.7. The van der Waals surface area contributed by atoms with Gasteiger partial charge in [0, 0.05) is 53.6 Å². The largest absolute Gasteiger partial charge is 0.435 e. The molecule has 202 valence electrons. The number of thiophene rings is 1. The van der Waals surface area contributed by atoms with Crippen molar-refractivity contribution in [3.05, 3.63) is 146 Å². The fraction of sp³-hybridized carbons (Fsp3) is 0. The molecule has 0 saturated heterocycles. The van der Waals surface area contributed by atoms with Crippen LogP contribution in [0.3, 0.4) is 0 Å². The fourth-order valence-electron chi connectivity index (χ4n) is 6.31. The van der Waals surface area contributed by atoms with Gasteiger partial charge < -0.3 is 9.32 Å². The smallest absolute Gasteiger partial charge is 0.227 e. The van der Waals surface area contributed by atoms with Crippen molar-refractivity contribution >= 4 is 81.2 Å². The minimum absolute atomic E-state index is 0.617. The Balaban J connectivity index is 1.23. The van der Waals surface area contributed by atoms with Crippen LogP contribution in [0.15, 0.2) is 150 Å². The highest BCUT2D eigenvalue weighted by molar-refractivity contribution is 7.25. The van der Waals surface area contributed by atoms with E-state index in [0.717, 1.165) is 44.5 Å². The van der Waals surface area contributed by atoms with Crippen molar-refractivity contribution < 1.29 is 4.42 Å². The molecule has 0 aliphatic rings. The minimum Gasteiger partial charge on any atom is -0.435 e. The molecule has 0 fully saturated rings. The first-order chi connectivity index (χ1) is 21.3. The lowest BCUT2D eigenvalue weighted by molar-refractivity contribution is 0.623. The Morgan fingerprint density at radius 3 is 1.93 bits per heavy atom. The maximum atomic E-state index is 6.59. The number of fused-ring (bicyclic) bond motifs is 9. The summed E-state index contributed by atoms with van der Waals surface area (Å²) in [4.78, 5) is 7.40. The van der Waals surface area contributed by atoms with Crippen LogP contribution < -0.4 is 4.90 Å². The lowest BCUT2D eigenvalue weighted by Crippen LogP contribution is -2.09. The molecule has 0 unspecified atom stereocenters. The van der Waals surface area contributed by atoms with Gasteiger partial charge in [-0.15, -0.1) is 11.3 Å². The second kappa shape index (κ2) is 9.55. The monoisotopic (exact) mass is 568 g/mol. The average molecular weight is 569 g/mol. The Morgan fingerprint density at radius 1 is 0.465 bits per heavy atom. The van der Waals surface area contributed by atoms with Crippen molar-refractivity contribution in [2.75, 3.05) is 4.90 Å². The van der Waals surface area contributed by atoms with E-state index in [1.807, 2.05) is 11.3 Å². The summed E-state index contributed by atoms with van der Waals surface area (Å²) < 4.78 is 9.16. The topological polar surface area (TPSA) is 29.3 Å². The number of nitrogens with zero attached hydrogens (tertiary/aromatic N) is 2. The van der Waals surface area contributed by atoms with Crippen LogP contribution in [0.4, 0.5) is 17.1 Å². The molecule has 0 radical (unpaired) electrons. The zero-order valence-electron chi connectivity index (χ0n) is 23.1. The molecule has 0 atom stereocenters. The molecule has 4 heteroatoms. The fourth-order valence-corrected chi connectivity index (χ4v) is 7.44. The van der Waals surface area contributed by atoms with Gasteiger partial charge in [0.05, 0.1) is 0 Å². The molecule has 2 heterocycles. The SMILES string of the molecule is c1ccc(N(c2cccc(-c3nc4c5ccccc5c5ccccc5c4o3)c2)c2ccc3c(c2)sc2ccccc23)cc1. The van der Waals surface area contributed by atoms with E-state index in [1.54, 1.807) is 0 Å². The van der Waals surface area contributed by atoms with Gasteiger partial charge in [0.25, 0.3) is 0 Å². The molecule has 43 heavy (non-hydrogen) atoms. The van der Waals surface area contributed by atoms with Crippen molar-refractivity contribution in [2.45, 2.75) is 0 Å². The van der Waals surface area contributed by atoms with E-state index in [2.05, 4.69) is 150 Å². The third-order valence-corrected chi connectivity index (χ3v) is 9.39. The standard InChI is InChI=1S/C39H24N2OS/c1-2-12-26(13-3-1)41(28-21-22-32-31-17-8-9-20-35(31)43-36(32)24-28)27-14-10-11-25(23-27)39-40-37-33-18-6-4-15-29(33)30-16-5-7-19-34(30)38(37)42-39/h1-24H. The summed E-state index contributed by atoms with van der Waals surface area (Å²) in [6, 6.07) is 51.3. The highest BCUT2D eigenvalue weighted by Crippen LogP contribution is 2.42. The molecule has 9 aromatic rings. The number of aromatic nitrogens is 1. The first-order valence-corrected chi connectivity index (χ1v) is 15.2. The summed E-state index contributed by atoms with van der Waals surface area (Å²) in [6.45, 7) is 0. The summed E-state index contributed by atoms with van der Waals surface area (Å²) in [5.41, 5.74) is 5.90. The quantitative estimate of drug-likeness (QED) is 0.198. The van der Waals surface area contributed by atoms with Crippen LogP contribution in [-0.4, -0.2) is 4.98 Å². The van der Waals surface area contributed by atoms with Crippen molar-refractivity contribution in [1.82, 2.24) is 4.98 Å². The molecular weight excluding hydrogens is 545 g/mol. The molecule has 0 bridgehead atoms. The highest BCUT2D eigenvalue weighted by Gasteiger charge is 2.19. The summed E-state index contributed by atoms with van der Waals surface area (Å²) >= 11 is 1.84. The van der Waals surface area contributed by atoms with Crippen LogP contribution in [0.5, 0.6) is 0 Å². The summed E-state index contributed by atoms with van der Waals surface area (Å²) in [6.07, 6.45) is 0. The van der Waals surface area contributed by atoms with Gasteiger partial charge >= 0.3 is 0 Å². The molecule has 0 aliphatic heterocycles. The predicted molar refractivity (Wildman–Crippen MR) is 182 cm³/mol. The van der Waals surface area contributed by atoms with Crippen molar-refractivity contribution in [3.63, 3.8) is 0 Å². The number of hydrogen-bond donors (Lipinski definition) is 0. The molecule has 0 saturated carbocycles. The third kappa shape index (κ3) is 3.84. The number of para-hydroxylation sites is 1. The number of anilines is 3. The first kappa shape index (κ1) is 24.2. The summed E-state index contributed by atoms with van der Waals surface area (Å²) in [5.74, 6) is 0.617. The van der Waals surface area contributed by atoms with E-state index in [0.29, 0.717) is 5.89 Å². The molecule has 0 N–H and O–H groups in total. The van der Waals surface area contributed by atoms with E-state index < -0.39 is 0 Å². The second-order valence-electron chi connectivity index (χ2n) is 10.8. The Labute approximate surface area is 251 Å². The minimum atomic E-state index is 0.617. The molecular formula is C39H24N2OS. The Morgan fingerprint density at radius 2 is 1.09 bits per heavy atom. The number of rotatable bonds is 4. The van der Waals surface area contributed by atoms with E-state index in [1.165, 1.54) is 30.9 Å². The molecule has 7 aromatic carbocycles. The number of hydrogen-bond acceptors (Lipinski definition) is 4. The zero-order valence-corrected chi connectivity index (χ0v) is 23.9. The maximum absolute atomic E-state index is 6.59. The van der Waals surface area contributed by atoms with E-state index in [-0.39, 0.29) is 0 Å². The third-order valence-electron chi connectivity index (χ3n) is 8.26. The zero-order chi connectivity index (χ0) is 28.3. The van der Waals surface area contributed by atoms with Crippen LogP contribution in [0.2, 0.25) is 0 Å². The van der Waals surface area contributed by atoms with Gasteiger partial charge in [-0.2, -0.15) is 0 Å². The van der Waals surface area contributed by atoms with Crippen LogP contribution in [0.25, 0.3) is 64.3 Å². The van der Waals surface area contributed by atoms with Crippen LogP contribution >= 0.6 is 11.3 Å². The Kier molecular flexibility index (Phi) is 5.37. The summed E-state index contributed by atoms with van der Waals surface area (Å²) in [7, 11) is 0. The molecule has 0 amide bonds. The second-order valence-corrected chi connectivity index (χ2v) is 11.9. The maximum Gasteiger partial charge on any atom is 0.227 e. The molecule has 9 rings (SSSR count). The van der Waals surface area contributed by atoms with Crippen molar-refractivity contribution in [3.8, 4) is 11.5 Å². The molecule has 3 nitrogen and oxygen atoms in total. The highest BCUT2D eigenvalue weighted by atomic mass is 32.1. The average Bonchev–Trinajstić information content (AvgIpc) is 3.68. The van der Waals surface area contributed by atoms with Crippen molar-refractivity contribution in [1.29, 1.82) is 0 Å².